The Morgan fingerprint density at radius 3 is 2.69 bits per heavy atom. The molecule has 0 bridgehead atoms. The number of hydrogen-bond acceptors (Lipinski definition) is 6. The van der Waals surface area contributed by atoms with E-state index in [2.05, 4.69) is 4.98 Å². The van der Waals surface area contributed by atoms with Gasteiger partial charge in [-0.3, -0.25) is 9.78 Å². The average Bonchev–Trinajstić information content (AvgIpc) is 3.31. The highest BCUT2D eigenvalue weighted by Gasteiger charge is 2.31. The molecule has 9 heteroatoms. The van der Waals surface area contributed by atoms with E-state index in [1.165, 1.54) is 6.07 Å². The zero-order chi connectivity index (χ0) is 25.0. The molecule has 4 rings (SSSR count). The third-order valence-electron chi connectivity index (χ3n) is 5.38. The lowest BCUT2D eigenvalue weighted by molar-refractivity contribution is -0.142. The van der Waals surface area contributed by atoms with Crippen molar-refractivity contribution in [3.05, 3.63) is 83.4 Å². The van der Waals surface area contributed by atoms with Crippen LogP contribution in [0.2, 0.25) is 0 Å². The van der Waals surface area contributed by atoms with Crippen LogP contribution in [0.3, 0.4) is 0 Å². The molecule has 0 radical (unpaired) electrons. The van der Waals surface area contributed by atoms with Gasteiger partial charge in [-0.1, -0.05) is 6.07 Å². The van der Waals surface area contributed by atoms with Gasteiger partial charge < -0.3 is 19.6 Å². The molecule has 0 aliphatic heterocycles. The fourth-order valence-corrected chi connectivity index (χ4v) is 3.74. The number of aromatic nitrogens is 1. The van der Waals surface area contributed by atoms with E-state index in [4.69, 9.17) is 19.6 Å². The zero-order valence-electron chi connectivity index (χ0n) is 18.9. The Morgan fingerprint density at radius 1 is 1.11 bits per heavy atom. The van der Waals surface area contributed by atoms with Crippen LogP contribution < -0.4 is 10.5 Å². The normalized spacial score (nSPS) is 11.6. The van der Waals surface area contributed by atoms with Crippen molar-refractivity contribution in [2.45, 2.75) is 32.7 Å². The molecule has 0 amide bonds. The van der Waals surface area contributed by atoms with Gasteiger partial charge in [0.25, 0.3) is 0 Å². The summed E-state index contributed by atoms with van der Waals surface area (Å²) in [7, 11) is 0. The first-order chi connectivity index (χ1) is 16.8. The SMILES string of the molecule is CCOC(=O)Cc1ccc(C(F)(F)F)cc1OCc1cc(-c2ccnc(CN)c2)c2occc2c1. The van der Waals surface area contributed by atoms with Crippen LogP contribution in [0.1, 0.15) is 29.3 Å². The molecular weight excluding hydrogens is 461 g/mol. The molecule has 0 fully saturated rings. The molecule has 0 aliphatic carbocycles. The molecule has 35 heavy (non-hydrogen) atoms. The molecule has 0 unspecified atom stereocenters. The second kappa shape index (κ2) is 10.2. The van der Waals surface area contributed by atoms with E-state index in [-0.39, 0.29) is 31.9 Å². The van der Waals surface area contributed by atoms with Crippen LogP contribution in [-0.4, -0.2) is 17.6 Å². The van der Waals surface area contributed by atoms with Gasteiger partial charge in [0, 0.05) is 29.3 Å². The van der Waals surface area contributed by atoms with E-state index in [9.17, 15) is 18.0 Å². The number of fused-ring (bicyclic) bond motifs is 1. The van der Waals surface area contributed by atoms with Crippen molar-refractivity contribution in [3.8, 4) is 16.9 Å². The van der Waals surface area contributed by atoms with Gasteiger partial charge >= 0.3 is 12.1 Å². The van der Waals surface area contributed by atoms with Gasteiger partial charge in [0.2, 0.25) is 0 Å². The maximum atomic E-state index is 13.3. The van der Waals surface area contributed by atoms with E-state index >= 15 is 0 Å². The number of alkyl halides is 3. The summed E-state index contributed by atoms with van der Waals surface area (Å²) in [5.41, 5.74) is 8.85. The topological polar surface area (TPSA) is 87.6 Å². The largest absolute Gasteiger partial charge is 0.489 e. The standard InChI is InChI=1S/C26H23F3N2O4/c1-2-33-24(32)12-18-3-4-20(26(27,28)29)13-23(18)35-15-16-9-19-6-8-34-25(19)22(10-16)17-5-7-31-21(11-17)14-30/h3-11,13H,2,12,14-15,30H2,1H3. The number of benzene rings is 2. The fraction of sp³-hybridized carbons (Fsp3) is 0.231. The van der Waals surface area contributed by atoms with Gasteiger partial charge in [-0.2, -0.15) is 13.2 Å². The van der Waals surface area contributed by atoms with E-state index in [1.54, 1.807) is 25.5 Å². The summed E-state index contributed by atoms with van der Waals surface area (Å²) in [4.78, 5) is 16.2. The number of ether oxygens (including phenoxy) is 2. The van der Waals surface area contributed by atoms with E-state index < -0.39 is 17.7 Å². The molecule has 0 aliphatic rings. The maximum Gasteiger partial charge on any atom is 0.416 e. The third kappa shape index (κ3) is 5.63. The van der Waals surface area contributed by atoms with Crippen molar-refractivity contribution in [2.75, 3.05) is 6.61 Å². The lowest BCUT2D eigenvalue weighted by Gasteiger charge is -2.15. The second-order valence-electron chi connectivity index (χ2n) is 7.81. The monoisotopic (exact) mass is 484 g/mol. The Morgan fingerprint density at radius 2 is 1.94 bits per heavy atom. The van der Waals surface area contributed by atoms with Gasteiger partial charge in [0.05, 0.1) is 30.5 Å². The number of nitrogens with two attached hydrogens (primary N) is 1. The quantitative estimate of drug-likeness (QED) is 0.325. The number of carbonyl (C=O) groups excluding carboxylic acids is 1. The minimum absolute atomic E-state index is 0.0277. The van der Waals surface area contributed by atoms with Crippen LogP contribution >= 0.6 is 0 Å². The summed E-state index contributed by atoms with van der Waals surface area (Å²) in [6.45, 7) is 2.08. The minimum Gasteiger partial charge on any atom is -0.489 e. The molecule has 2 heterocycles. The number of furan rings is 1. The second-order valence-corrected chi connectivity index (χ2v) is 7.81. The van der Waals surface area contributed by atoms with Gasteiger partial charge in [0.15, 0.2) is 0 Å². The molecular formula is C26H23F3N2O4. The highest BCUT2D eigenvalue weighted by Crippen LogP contribution is 2.35. The number of carbonyl (C=O) groups is 1. The van der Waals surface area contributed by atoms with Gasteiger partial charge in [-0.15, -0.1) is 0 Å². The molecule has 4 aromatic rings. The number of pyridine rings is 1. The number of rotatable bonds is 8. The molecule has 2 aromatic carbocycles. The first-order valence-corrected chi connectivity index (χ1v) is 10.9. The molecule has 0 atom stereocenters. The molecule has 6 nitrogen and oxygen atoms in total. The Balaban J connectivity index is 1.67. The van der Waals surface area contributed by atoms with Crippen LogP contribution in [0.15, 0.2) is 65.4 Å². The maximum absolute atomic E-state index is 13.3. The molecule has 0 saturated heterocycles. The third-order valence-corrected chi connectivity index (χ3v) is 5.38. The smallest absolute Gasteiger partial charge is 0.416 e. The minimum atomic E-state index is -4.55. The molecule has 2 aromatic heterocycles. The highest BCUT2D eigenvalue weighted by atomic mass is 19.4. The first-order valence-electron chi connectivity index (χ1n) is 10.9. The average molecular weight is 484 g/mol. The highest BCUT2D eigenvalue weighted by molar-refractivity contribution is 5.93. The van der Waals surface area contributed by atoms with Gasteiger partial charge in [-0.05, 0) is 60.5 Å². The number of esters is 1. The van der Waals surface area contributed by atoms with Gasteiger partial charge in [0.1, 0.15) is 17.9 Å². The molecule has 2 N–H and O–H groups in total. The Bertz CT molecular complexity index is 1350. The zero-order valence-corrected chi connectivity index (χ0v) is 18.9. The van der Waals surface area contributed by atoms with Crippen LogP contribution in [0.4, 0.5) is 13.2 Å². The van der Waals surface area contributed by atoms with E-state index in [0.717, 1.165) is 28.6 Å². The summed E-state index contributed by atoms with van der Waals surface area (Å²) >= 11 is 0. The lowest BCUT2D eigenvalue weighted by Crippen LogP contribution is -2.11. The summed E-state index contributed by atoms with van der Waals surface area (Å²) in [6, 6.07) is 12.2. The lowest BCUT2D eigenvalue weighted by atomic mass is 10.0. The summed E-state index contributed by atoms with van der Waals surface area (Å²) < 4.78 is 56.4. The van der Waals surface area contributed by atoms with Crippen molar-refractivity contribution >= 4 is 16.9 Å². The number of hydrogen-bond donors (Lipinski definition) is 1. The fourth-order valence-electron chi connectivity index (χ4n) is 3.74. The number of nitrogens with zero attached hydrogens (tertiary/aromatic N) is 1. The van der Waals surface area contributed by atoms with E-state index in [1.807, 2.05) is 24.3 Å². The summed E-state index contributed by atoms with van der Waals surface area (Å²) in [5, 5.41) is 0.808. The Hall–Kier alpha value is -3.85. The van der Waals surface area contributed by atoms with Crippen molar-refractivity contribution in [1.82, 2.24) is 4.98 Å². The Kier molecular flexibility index (Phi) is 7.07. The van der Waals surface area contributed by atoms with Gasteiger partial charge in [-0.25, -0.2) is 0 Å². The predicted octanol–water partition coefficient (Wildman–Crippen LogP) is 5.66. The first kappa shape index (κ1) is 24.3. The van der Waals surface area contributed by atoms with E-state index in [0.29, 0.717) is 22.4 Å². The van der Waals surface area contributed by atoms with Crippen molar-refractivity contribution in [2.24, 2.45) is 5.73 Å². The van der Waals surface area contributed by atoms with Crippen molar-refractivity contribution in [3.63, 3.8) is 0 Å². The van der Waals surface area contributed by atoms with Crippen LogP contribution in [-0.2, 0) is 35.3 Å². The Labute approximate surface area is 199 Å². The van der Waals surface area contributed by atoms with Crippen LogP contribution in [0.25, 0.3) is 22.1 Å². The van der Waals surface area contributed by atoms with Crippen molar-refractivity contribution < 1.29 is 31.9 Å². The van der Waals surface area contributed by atoms with Crippen LogP contribution in [0.5, 0.6) is 5.75 Å². The predicted molar refractivity (Wildman–Crippen MR) is 123 cm³/mol. The van der Waals surface area contributed by atoms with Crippen LogP contribution in [0, 0.1) is 0 Å². The number of halogens is 3. The molecule has 182 valence electrons. The summed E-state index contributed by atoms with van der Waals surface area (Å²) in [6.07, 6.45) is -1.54. The molecule has 0 saturated carbocycles. The summed E-state index contributed by atoms with van der Waals surface area (Å²) in [5.74, 6) is -0.580. The van der Waals surface area contributed by atoms with Crippen molar-refractivity contribution in [1.29, 1.82) is 0 Å². The molecule has 0 spiro atoms.